The second-order valence-electron chi connectivity index (χ2n) is 5.69. The van der Waals surface area contributed by atoms with Gasteiger partial charge in [0.2, 0.25) is 5.91 Å². The molecule has 1 aliphatic rings. The molecule has 1 fully saturated rings. The summed E-state index contributed by atoms with van der Waals surface area (Å²) in [5.74, 6) is -1.39. The zero-order valence-corrected chi connectivity index (χ0v) is 14.6. The van der Waals surface area contributed by atoms with Crippen LogP contribution in [0.2, 0.25) is 0 Å². The molecule has 0 saturated carbocycles. The van der Waals surface area contributed by atoms with E-state index in [0.29, 0.717) is 51.6 Å². The number of carboxylic acid groups (broad SMARTS) is 2. The molecule has 24 heavy (non-hydrogen) atoms. The maximum atomic E-state index is 11.9. The van der Waals surface area contributed by atoms with Crippen LogP contribution in [0.5, 0.6) is 0 Å². The predicted octanol–water partition coefficient (Wildman–Crippen LogP) is -1.88. The Hall–Kier alpha value is -1.36. The Morgan fingerprint density at radius 1 is 0.792 bits per heavy atom. The minimum absolute atomic E-state index is 0.0966. The van der Waals surface area contributed by atoms with E-state index in [4.69, 9.17) is 10.2 Å². The second kappa shape index (κ2) is 11.2. The number of rotatable bonds is 8. The fraction of sp³-hybridized carbons (Fsp3) is 0.786. The first-order valence-electron chi connectivity index (χ1n) is 7.89. The highest BCUT2D eigenvalue weighted by atomic mass is 32.1. The van der Waals surface area contributed by atoms with E-state index in [2.05, 4.69) is 17.9 Å². The highest BCUT2D eigenvalue weighted by Gasteiger charge is 2.20. The summed E-state index contributed by atoms with van der Waals surface area (Å²) in [6, 6.07) is 0. The first kappa shape index (κ1) is 20.7. The third-order valence-corrected chi connectivity index (χ3v) is 3.94. The lowest BCUT2D eigenvalue weighted by atomic mass is 10.4. The number of carboxylic acids is 2. The van der Waals surface area contributed by atoms with Gasteiger partial charge in [0.1, 0.15) is 0 Å². The fourth-order valence-corrected chi connectivity index (χ4v) is 2.61. The van der Waals surface area contributed by atoms with E-state index in [-0.39, 0.29) is 25.5 Å². The number of hydrogen-bond acceptors (Lipinski definition) is 7. The van der Waals surface area contributed by atoms with Crippen LogP contribution in [0.4, 0.5) is 0 Å². The smallest absolute Gasteiger partial charge is 0.317 e. The highest BCUT2D eigenvalue weighted by molar-refractivity contribution is 7.80. The molecule has 10 heteroatoms. The van der Waals surface area contributed by atoms with Crippen molar-refractivity contribution in [3.8, 4) is 0 Å². The number of nitrogens with one attached hydrogen (secondary N) is 1. The predicted molar refractivity (Wildman–Crippen MR) is 91.5 cm³/mol. The number of carbonyl (C=O) groups excluding carboxylic acids is 1. The molecule has 0 aromatic heterocycles. The van der Waals surface area contributed by atoms with Gasteiger partial charge in [-0.05, 0) is 0 Å². The third-order valence-electron chi connectivity index (χ3n) is 3.72. The molecule has 0 atom stereocenters. The Labute approximate surface area is 147 Å². The maximum absolute atomic E-state index is 11.9. The standard InChI is InChI=1S/C14H26N4O5S/c19-12(15-1-8-24)9-16-2-4-17(10-13(20)21)6-7-18(5-3-16)11-14(22)23/h24H,1-11H2,(H,15,19)(H,20,21)(H,22,23). The summed E-state index contributed by atoms with van der Waals surface area (Å²) in [6.07, 6.45) is 0. The Kier molecular flexibility index (Phi) is 9.69. The van der Waals surface area contributed by atoms with Gasteiger partial charge >= 0.3 is 11.9 Å². The topological polar surface area (TPSA) is 113 Å². The Bertz CT molecular complexity index is 409. The monoisotopic (exact) mass is 362 g/mol. The van der Waals surface area contributed by atoms with Crippen molar-refractivity contribution in [3.05, 3.63) is 0 Å². The van der Waals surface area contributed by atoms with Gasteiger partial charge in [0, 0.05) is 51.6 Å². The van der Waals surface area contributed by atoms with Crippen molar-refractivity contribution in [1.82, 2.24) is 20.0 Å². The normalized spacial score (nSPS) is 18.4. The largest absolute Gasteiger partial charge is 0.480 e. The summed E-state index contributed by atoms with van der Waals surface area (Å²) >= 11 is 4.04. The number of carbonyl (C=O) groups is 3. The lowest BCUT2D eigenvalue weighted by Gasteiger charge is -2.24. The van der Waals surface area contributed by atoms with E-state index in [9.17, 15) is 14.4 Å². The van der Waals surface area contributed by atoms with E-state index >= 15 is 0 Å². The zero-order valence-electron chi connectivity index (χ0n) is 13.7. The van der Waals surface area contributed by atoms with Gasteiger partial charge in [-0.2, -0.15) is 12.6 Å². The van der Waals surface area contributed by atoms with Gasteiger partial charge in [-0.25, -0.2) is 0 Å². The lowest BCUT2D eigenvalue weighted by molar-refractivity contribution is -0.140. The molecule has 0 bridgehead atoms. The number of aliphatic carboxylic acids is 2. The molecule has 1 aliphatic heterocycles. The molecule has 1 saturated heterocycles. The molecule has 3 N–H and O–H groups in total. The van der Waals surface area contributed by atoms with Crippen LogP contribution in [0.3, 0.4) is 0 Å². The number of hydrogen-bond donors (Lipinski definition) is 4. The molecule has 0 unspecified atom stereocenters. The molecule has 0 aromatic rings. The van der Waals surface area contributed by atoms with Gasteiger partial charge in [-0.1, -0.05) is 0 Å². The van der Waals surface area contributed by atoms with Crippen molar-refractivity contribution in [3.63, 3.8) is 0 Å². The van der Waals surface area contributed by atoms with E-state index in [1.165, 1.54) is 0 Å². The quantitative estimate of drug-likeness (QED) is 0.371. The van der Waals surface area contributed by atoms with Crippen molar-refractivity contribution in [2.45, 2.75) is 0 Å². The van der Waals surface area contributed by atoms with Crippen molar-refractivity contribution in [2.24, 2.45) is 0 Å². The van der Waals surface area contributed by atoms with Crippen molar-refractivity contribution in [1.29, 1.82) is 0 Å². The lowest BCUT2D eigenvalue weighted by Crippen LogP contribution is -2.43. The van der Waals surface area contributed by atoms with Gasteiger partial charge in [0.05, 0.1) is 19.6 Å². The highest BCUT2D eigenvalue weighted by Crippen LogP contribution is 2.01. The van der Waals surface area contributed by atoms with Crippen LogP contribution in [-0.2, 0) is 14.4 Å². The number of amides is 1. The molecule has 9 nitrogen and oxygen atoms in total. The van der Waals surface area contributed by atoms with Crippen LogP contribution in [-0.4, -0.2) is 114 Å². The zero-order chi connectivity index (χ0) is 17.9. The molecule has 0 aliphatic carbocycles. The Morgan fingerprint density at radius 3 is 1.50 bits per heavy atom. The van der Waals surface area contributed by atoms with E-state index in [1.807, 2.05) is 4.90 Å². The van der Waals surface area contributed by atoms with Crippen LogP contribution in [0.1, 0.15) is 0 Å². The molecule has 138 valence electrons. The first-order valence-corrected chi connectivity index (χ1v) is 8.52. The SMILES string of the molecule is O=C(O)CN1CCN(CC(=O)O)CCN(CC(=O)NCCS)CC1. The molecule has 0 spiro atoms. The third kappa shape index (κ3) is 9.06. The number of nitrogens with zero attached hydrogens (tertiary/aromatic N) is 3. The second-order valence-corrected chi connectivity index (χ2v) is 6.14. The first-order chi connectivity index (χ1) is 11.4. The minimum atomic E-state index is -0.919. The van der Waals surface area contributed by atoms with Gasteiger partial charge in [0.25, 0.3) is 0 Å². The van der Waals surface area contributed by atoms with Gasteiger partial charge < -0.3 is 15.5 Å². The summed E-state index contributed by atoms with van der Waals surface area (Å²) in [5, 5.41) is 20.7. The Balaban J connectivity index is 2.66. The molecular formula is C14H26N4O5S. The average Bonchev–Trinajstić information content (AvgIpc) is 2.58. The number of thiol groups is 1. The van der Waals surface area contributed by atoms with Gasteiger partial charge in [-0.15, -0.1) is 0 Å². The van der Waals surface area contributed by atoms with Crippen molar-refractivity contribution < 1.29 is 24.6 Å². The van der Waals surface area contributed by atoms with Crippen LogP contribution in [0.15, 0.2) is 0 Å². The van der Waals surface area contributed by atoms with Crippen molar-refractivity contribution >= 4 is 30.5 Å². The minimum Gasteiger partial charge on any atom is -0.480 e. The average molecular weight is 362 g/mol. The van der Waals surface area contributed by atoms with E-state index in [1.54, 1.807) is 9.80 Å². The van der Waals surface area contributed by atoms with E-state index < -0.39 is 11.9 Å². The molecular weight excluding hydrogens is 336 g/mol. The molecule has 1 amide bonds. The fourth-order valence-electron chi connectivity index (χ4n) is 2.50. The van der Waals surface area contributed by atoms with Crippen LogP contribution >= 0.6 is 12.6 Å². The van der Waals surface area contributed by atoms with Crippen LogP contribution in [0.25, 0.3) is 0 Å². The van der Waals surface area contributed by atoms with Crippen LogP contribution < -0.4 is 5.32 Å². The van der Waals surface area contributed by atoms with E-state index in [0.717, 1.165) is 0 Å². The summed E-state index contributed by atoms with van der Waals surface area (Å²) in [5.41, 5.74) is 0. The molecule has 1 heterocycles. The summed E-state index contributed by atoms with van der Waals surface area (Å²) in [7, 11) is 0. The summed E-state index contributed by atoms with van der Waals surface area (Å²) in [6.45, 7) is 3.63. The Morgan fingerprint density at radius 2 is 1.17 bits per heavy atom. The maximum Gasteiger partial charge on any atom is 0.317 e. The summed E-state index contributed by atoms with van der Waals surface area (Å²) in [4.78, 5) is 39.2. The molecule has 0 aromatic carbocycles. The van der Waals surface area contributed by atoms with Gasteiger partial charge in [-0.3, -0.25) is 29.1 Å². The van der Waals surface area contributed by atoms with Crippen LogP contribution in [0, 0.1) is 0 Å². The molecule has 1 rings (SSSR count). The summed E-state index contributed by atoms with van der Waals surface area (Å²) < 4.78 is 0. The van der Waals surface area contributed by atoms with Gasteiger partial charge in [0.15, 0.2) is 0 Å². The van der Waals surface area contributed by atoms with Crippen molar-refractivity contribution in [2.75, 3.05) is 71.2 Å². The molecule has 0 radical (unpaired) electrons.